The number of H-pyrrole nitrogens is 1. The van der Waals surface area contributed by atoms with Gasteiger partial charge in [0.15, 0.2) is 0 Å². The third kappa shape index (κ3) is 2.49. The molecule has 4 aliphatic rings. The van der Waals surface area contributed by atoms with Gasteiger partial charge in [-0.05, 0) is 49.1 Å². The molecule has 2 amide bonds. The van der Waals surface area contributed by atoms with Gasteiger partial charge in [0.05, 0.1) is 16.9 Å². The molecule has 32 heavy (non-hydrogen) atoms. The third-order valence-electron chi connectivity index (χ3n) is 8.03. The highest BCUT2D eigenvalue weighted by atomic mass is 32.2. The predicted octanol–water partition coefficient (Wildman–Crippen LogP) is 2.69. The first-order valence-electron chi connectivity index (χ1n) is 10.8. The Morgan fingerprint density at radius 1 is 1.16 bits per heavy atom. The van der Waals surface area contributed by atoms with E-state index in [1.807, 2.05) is 12.1 Å². The first-order chi connectivity index (χ1) is 15.3. The van der Waals surface area contributed by atoms with Gasteiger partial charge in [-0.3, -0.25) is 19.3 Å². The second-order valence-corrected chi connectivity index (χ2v) is 11.6. The number of hydrogen-bond donors (Lipinski definition) is 2. The number of carbonyl (C=O) groups is 3. The fourth-order valence-electron chi connectivity index (χ4n) is 6.82. The minimum absolute atomic E-state index is 0.0000898. The highest BCUT2D eigenvalue weighted by molar-refractivity contribution is 8.00. The zero-order valence-corrected chi connectivity index (χ0v) is 19.1. The van der Waals surface area contributed by atoms with Gasteiger partial charge < -0.3 is 10.1 Å². The van der Waals surface area contributed by atoms with E-state index in [0.29, 0.717) is 0 Å². The van der Waals surface area contributed by atoms with Crippen molar-refractivity contribution in [2.24, 2.45) is 29.6 Å². The number of amides is 2. The van der Waals surface area contributed by atoms with Crippen LogP contribution in [0.3, 0.4) is 0 Å². The molecule has 2 aliphatic heterocycles. The lowest BCUT2D eigenvalue weighted by molar-refractivity contribution is -0.154. The average molecular weight is 471 g/mol. The number of benzene rings is 1. The van der Waals surface area contributed by atoms with Crippen LogP contribution in [-0.2, 0) is 14.4 Å². The molecule has 2 aromatic rings. The largest absolute Gasteiger partial charge is 0.480 e. The SMILES string of the molecule is Cc1ccccc1[C@H]1c2sc(=O)[nH]c2S[C@@H]2[C@@H]3C[C@H]([C@H]4C(=O)N([C@@H](C)C(=O)O)C(=O)[C@H]34)[C@@H]12. The number of aromatic nitrogens is 1. The Hall–Kier alpha value is -2.39. The number of fused-ring (bicyclic) bond motifs is 9. The summed E-state index contributed by atoms with van der Waals surface area (Å²) in [5.74, 6) is -2.61. The molecule has 1 saturated heterocycles. The summed E-state index contributed by atoms with van der Waals surface area (Å²) in [6, 6.07) is 7.02. The number of carbonyl (C=O) groups excluding carboxylic acids is 2. The van der Waals surface area contributed by atoms with Crippen molar-refractivity contribution in [3.8, 4) is 0 Å². The molecule has 3 heterocycles. The van der Waals surface area contributed by atoms with E-state index in [-0.39, 0.29) is 45.6 Å². The first-order valence-corrected chi connectivity index (χ1v) is 12.5. The molecular weight excluding hydrogens is 448 g/mol. The van der Waals surface area contributed by atoms with E-state index < -0.39 is 23.8 Å². The van der Waals surface area contributed by atoms with Gasteiger partial charge in [-0.2, -0.15) is 0 Å². The van der Waals surface area contributed by atoms with Crippen molar-refractivity contribution in [2.75, 3.05) is 0 Å². The minimum atomic E-state index is -1.16. The molecule has 0 unspecified atom stereocenters. The van der Waals surface area contributed by atoms with Gasteiger partial charge >= 0.3 is 10.8 Å². The van der Waals surface area contributed by atoms with Crippen LogP contribution in [0.5, 0.6) is 0 Å². The summed E-state index contributed by atoms with van der Waals surface area (Å²) in [6.07, 6.45) is 0.798. The van der Waals surface area contributed by atoms with Crippen LogP contribution in [0.1, 0.15) is 35.3 Å². The van der Waals surface area contributed by atoms with Crippen LogP contribution in [0, 0.1) is 36.5 Å². The molecule has 166 valence electrons. The maximum absolute atomic E-state index is 13.3. The summed E-state index contributed by atoms with van der Waals surface area (Å²) < 4.78 is 0. The smallest absolute Gasteiger partial charge is 0.326 e. The molecular formula is C23H22N2O5S2. The highest BCUT2D eigenvalue weighted by Crippen LogP contribution is 2.68. The Bertz CT molecular complexity index is 1230. The van der Waals surface area contributed by atoms with E-state index in [4.69, 9.17) is 0 Å². The number of aliphatic carboxylic acids is 1. The number of aromatic amines is 1. The van der Waals surface area contributed by atoms with Crippen molar-refractivity contribution in [1.29, 1.82) is 0 Å². The predicted molar refractivity (Wildman–Crippen MR) is 119 cm³/mol. The maximum atomic E-state index is 13.3. The lowest BCUT2D eigenvalue weighted by Gasteiger charge is -2.43. The molecule has 8 atom stereocenters. The van der Waals surface area contributed by atoms with Crippen LogP contribution >= 0.6 is 23.1 Å². The fraction of sp³-hybridized carbons (Fsp3) is 0.478. The Balaban J connectivity index is 1.47. The Labute approximate surface area is 192 Å². The molecule has 7 nitrogen and oxygen atoms in total. The zero-order chi connectivity index (χ0) is 22.5. The molecule has 0 spiro atoms. The molecule has 9 heteroatoms. The molecule has 2 aliphatic carbocycles. The summed E-state index contributed by atoms with van der Waals surface area (Å²) in [4.78, 5) is 55.4. The number of hydrogen-bond acceptors (Lipinski definition) is 6. The molecule has 6 rings (SSSR count). The molecule has 2 N–H and O–H groups in total. The van der Waals surface area contributed by atoms with Crippen molar-refractivity contribution in [2.45, 2.75) is 42.5 Å². The second-order valence-electron chi connectivity index (χ2n) is 9.38. The summed E-state index contributed by atoms with van der Waals surface area (Å²) in [5.41, 5.74) is 2.31. The van der Waals surface area contributed by atoms with Gasteiger partial charge in [0.1, 0.15) is 6.04 Å². The van der Waals surface area contributed by atoms with Crippen LogP contribution in [0.25, 0.3) is 0 Å². The lowest BCUT2D eigenvalue weighted by Crippen LogP contribution is -2.44. The summed E-state index contributed by atoms with van der Waals surface area (Å²) in [7, 11) is 0. The number of nitrogens with one attached hydrogen (secondary N) is 1. The monoisotopic (exact) mass is 470 g/mol. The number of thiazole rings is 1. The lowest BCUT2D eigenvalue weighted by atomic mass is 9.67. The normalized spacial score (nSPS) is 35.6. The van der Waals surface area contributed by atoms with E-state index in [2.05, 4.69) is 24.0 Å². The van der Waals surface area contributed by atoms with Gasteiger partial charge in [0.2, 0.25) is 11.8 Å². The maximum Gasteiger partial charge on any atom is 0.326 e. The summed E-state index contributed by atoms with van der Waals surface area (Å²) >= 11 is 2.88. The number of nitrogens with zero attached hydrogens (tertiary/aromatic N) is 1. The first kappa shape index (κ1) is 20.2. The van der Waals surface area contributed by atoms with E-state index >= 15 is 0 Å². The van der Waals surface area contributed by atoms with Crippen LogP contribution in [0.4, 0.5) is 0 Å². The van der Waals surface area contributed by atoms with Crippen LogP contribution in [0.15, 0.2) is 34.1 Å². The molecule has 1 aromatic heterocycles. The number of carboxylic acid groups (broad SMARTS) is 1. The van der Waals surface area contributed by atoms with Crippen LogP contribution < -0.4 is 4.87 Å². The topological polar surface area (TPSA) is 108 Å². The van der Waals surface area contributed by atoms with Crippen LogP contribution in [-0.4, -0.2) is 44.1 Å². The molecule has 1 aromatic carbocycles. The fourth-order valence-corrected chi connectivity index (χ4v) is 9.70. The molecule has 2 saturated carbocycles. The van der Waals surface area contributed by atoms with Crippen molar-refractivity contribution in [3.05, 3.63) is 49.9 Å². The van der Waals surface area contributed by atoms with Gasteiger partial charge in [-0.25, -0.2) is 4.79 Å². The van der Waals surface area contributed by atoms with Crippen molar-refractivity contribution in [1.82, 2.24) is 9.88 Å². The summed E-state index contributed by atoms with van der Waals surface area (Å²) in [6.45, 7) is 3.47. The number of rotatable bonds is 3. The number of carboxylic acids is 1. The number of likely N-dealkylation sites (tertiary alicyclic amines) is 1. The zero-order valence-electron chi connectivity index (χ0n) is 17.5. The number of imide groups is 1. The standard InChI is InChI=1S/C23H22N2O5S2/c1-8-5-3-4-6-10(8)13-14-11-7-12(17(14)31-19-18(13)32-23(30)24-19)16-15(11)20(26)25(21(16)27)9(2)22(28)29/h3-6,9,11-17H,7H2,1-2H3,(H,24,30)(H,28,29)/t9-,11-,12+,13+,14-,15+,16+,17+/m0/s1. The van der Waals surface area contributed by atoms with Gasteiger partial charge in [-0.15, -0.1) is 11.8 Å². The average Bonchev–Trinajstić information content (AvgIpc) is 3.47. The molecule has 2 bridgehead atoms. The van der Waals surface area contributed by atoms with Crippen LogP contribution in [0.2, 0.25) is 0 Å². The van der Waals surface area contributed by atoms with E-state index in [1.54, 1.807) is 11.8 Å². The number of thioether (sulfide) groups is 1. The summed E-state index contributed by atoms with van der Waals surface area (Å²) in [5, 5.41) is 10.4. The van der Waals surface area contributed by atoms with Crippen molar-refractivity contribution < 1.29 is 19.5 Å². The highest BCUT2D eigenvalue weighted by Gasteiger charge is 2.70. The van der Waals surface area contributed by atoms with Crippen molar-refractivity contribution >= 4 is 40.9 Å². The quantitative estimate of drug-likeness (QED) is 0.668. The molecule has 0 radical (unpaired) electrons. The van der Waals surface area contributed by atoms with E-state index in [1.165, 1.54) is 18.3 Å². The van der Waals surface area contributed by atoms with Gasteiger partial charge in [0, 0.05) is 16.0 Å². The number of aryl methyl sites for hydroxylation is 1. The third-order valence-corrected chi connectivity index (χ3v) is 10.6. The van der Waals surface area contributed by atoms with E-state index in [0.717, 1.165) is 32.4 Å². The Morgan fingerprint density at radius 2 is 1.84 bits per heavy atom. The second kappa shape index (κ2) is 6.81. The van der Waals surface area contributed by atoms with Gasteiger partial charge in [0.25, 0.3) is 0 Å². The molecule has 3 fully saturated rings. The Morgan fingerprint density at radius 3 is 2.53 bits per heavy atom. The van der Waals surface area contributed by atoms with Gasteiger partial charge in [-0.1, -0.05) is 35.6 Å². The minimum Gasteiger partial charge on any atom is -0.480 e. The van der Waals surface area contributed by atoms with Crippen molar-refractivity contribution in [3.63, 3.8) is 0 Å². The van der Waals surface area contributed by atoms with E-state index in [9.17, 15) is 24.3 Å². The Kier molecular flexibility index (Phi) is 4.30.